The van der Waals surface area contributed by atoms with Crippen LogP contribution in [0.2, 0.25) is 0 Å². The first-order valence-corrected chi connectivity index (χ1v) is 34.6. The minimum atomic E-state index is -1.06. The van der Waals surface area contributed by atoms with Gasteiger partial charge in [0.2, 0.25) is 11.6 Å². The fourth-order valence-corrected chi connectivity index (χ4v) is 11.4. The summed E-state index contributed by atoms with van der Waals surface area (Å²) in [6.45, 7) is 40.8. The molecule has 0 unspecified atom stereocenters. The van der Waals surface area contributed by atoms with Crippen LogP contribution in [0, 0.1) is 17.8 Å². The van der Waals surface area contributed by atoms with Crippen LogP contribution in [-0.4, -0.2) is 117 Å². The SMILES string of the molecule is CC(=O)Oc1c(OC(=O)[C@@H](NC(=O)OC(C)(C)C)C(C)C)c2c(c3ccccc13)OC(C)(C)CC2.CC(=O)Oc1c2c(c3ccccc3c1OC(=O)[C@@H](NC(=O)OC(C)(C)C)C(C)C)OC(C)(C)CC2.CC(C)[C@H](NC(=O)OC(C)(C)C)C(=O)O.CC1(C)CCC2=C(O1)c1ccccc1C(=O)C2=O. The number of alkyl carbamates (subject to hydrolysis) is 3. The lowest BCUT2D eigenvalue weighted by Gasteiger charge is -2.36. The van der Waals surface area contributed by atoms with E-state index in [1.807, 2.05) is 84.0 Å². The molecule has 4 aliphatic rings. The quantitative estimate of drug-likeness (QED) is 0.0368. The number of fused-ring (bicyclic) bond motifs is 8. The molecule has 3 heterocycles. The molecule has 0 saturated carbocycles. The van der Waals surface area contributed by atoms with Gasteiger partial charge in [0.05, 0.1) is 0 Å². The van der Waals surface area contributed by atoms with E-state index in [0.29, 0.717) is 82.4 Å². The number of esters is 4. The average Bonchev–Trinajstić information content (AvgIpc) is 0.757. The van der Waals surface area contributed by atoms with Crippen molar-refractivity contribution in [1.82, 2.24) is 16.0 Å². The number of benzene rings is 5. The van der Waals surface area contributed by atoms with E-state index in [4.69, 9.17) is 52.5 Å². The summed E-state index contributed by atoms with van der Waals surface area (Å²) in [7, 11) is 0. The van der Waals surface area contributed by atoms with Gasteiger partial charge in [-0.2, -0.15) is 0 Å². The van der Waals surface area contributed by atoms with Gasteiger partial charge in [-0.05, 0) is 160 Å². The minimum Gasteiger partial charge on any atom is -0.487 e. The van der Waals surface area contributed by atoms with Crippen molar-refractivity contribution in [3.05, 3.63) is 101 Å². The molecule has 3 aliphatic heterocycles. The number of nitrogens with one attached hydrogen (secondary N) is 3. The molecule has 9 rings (SSSR count). The van der Waals surface area contributed by atoms with Gasteiger partial charge in [0.15, 0.2) is 23.0 Å². The van der Waals surface area contributed by atoms with Crippen LogP contribution >= 0.6 is 0 Å². The Morgan fingerprint density at radius 3 is 1.13 bits per heavy atom. The number of carboxylic acid groups (broad SMARTS) is 1. The number of Topliss-reactive ketones (excluding diaryl/α,β-unsaturated/α-hetero) is 2. The van der Waals surface area contributed by atoms with E-state index in [2.05, 4.69) is 16.0 Å². The van der Waals surface area contributed by atoms with Crippen LogP contribution in [0.4, 0.5) is 14.4 Å². The number of rotatable bonds is 13. The fraction of sp³-hybridized carbons (Fsp3) is 0.519. The lowest BCUT2D eigenvalue weighted by atomic mass is 9.82. The van der Waals surface area contributed by atoms with Gasteiger partial charge in [0, 0.05) is 63.2 Å². The molecule has 5 aromatic carbocycles. The Bertz CT molecular complexity index is 4100. The zero-order valence-corrected chi connectivity index (χ0v) is 63.7. The van der Waals surface area contributed by atoms with E-state index in [-0.39, 0.29) is 46.4 Å². The Morgan fingerprint density at radius 1 is 0.427 bits per heavy atom. The van der Waals surface area contributed by atoms with Gasteiger partial charge in [-0.15, -0.1) is 0 Å². The van der Waals surface area contributed by atoms with E-state index >= 15 is 0 Å². The zero-order valence-electron chi connectivity index (χ0n) is 63.7. The molecular formula is C79H103N3O21. The van der Waals surface area contributed by atoms with Crippen LogP contribution in [0.1, 0.15) is 212 Å². The number of carbonyl (C=O) groups is 10. The summed E-state index contributed by atoms with van der Waals surface area (Å²) in [5.41, 5.74) is -0.103. The maximum atomic E-state index is 13.4. The molecule has 4 N–H and O–H groups in total. The monoisotopic (exact) mass is 1430 g/mol. The van der Waals surface area contributed by atoms with Crippen LogP contribution in [0.25, 0.3) is 27.3 Å². The third-order valence-corrected chi connectivity index (χ3v) is 16.3. The second-order valence-corrected chi connectivity index (χ2v) is 31.6. The van der Waals surface area contributed by atoms with Crippen LogP contribution in [0.15, 0.2) is 78.4 Å². The standard InChI is InChI=1S/2C27H35NO7.C15H14O3.C10H19NO4/c1-15(2)20(28-25(31)35-26(4,5)6)24(30)33-22-18-12-10-9-11-17(18)21-19(23(22)32-16(3)29)13-14-27(7,8)34-21;1-15(2)20(28-25(31)35-26(4,5)6)24(30)33-23-19-13-14-27(7,8)34-21(19)17-11-9-10-12-18(17)22(23)32-16(3)29;1-15(2)8-7-11-13(17)12(16)9-5-3-4-6-10(9)14(11)18-15;1-6(2)7(8(12)13)11-9(14)15-10(3,4)5/h2*9-12,15,20H,13-14H2,1-8H3,(H,28,31);3-6H,7-8H2,1-2H3;6-7H,1-5H3,(H,11,14)(H,12,13)/t2*20-;;7-/m00.0/s1. The number of carboxylic acids is 1. The van der Waals surface area contributed by atoms with Crippen molar-refractivity contribution < 1.29 is 100 Å². The number of hydrogen-bond acceptors (Lipinski definition) is 20. The summed E-state index contributed by atoms with van der Waals surface area (Å²) < 4.78 is 57.1. The second kappa shape index (κ2) is 32.7. The highest BCUT2D eigenvalue weighted by Gasteiger charge is 2.42. The lowest BCUT2D eigenvalue weighted by Crippen LogP contribution is -2.48. The largest absolute Gasteiger partial charge is 0.487 e. The third-order valence-electron chi connectivity index (χ3n) is 16.3. The van der Waals surface area contributed by atoms with E-state index in [0.717, 1.165) is 22.8 Å². The first-order valence-electron chi connectivity index (χ1n) is 34.6. The zero-order chi connectivity index (χ0) is 77.4. The maximum absolute atomic E-state index is 13.4. The molecule has 560 valence electrons. The van der Waals surface area contributed by atoms with Gasteiger partial charge in [0.25, 0.3) is 0 Å². The molecular weight excluding hydrogens is 1330 g/mol. The number of ketones is 2. The van der Waals surface area contributed by atoms with Gasteiger partial charge in [-0.25, -0.2) is 28.8 Å². The molecule has 0 spiro atoms. The van der Waals surface area contributed by atoms with E-state index in [1.54, 1.807) is 134 Å². The Labute approximate surface area is 603 Å². The van der Waals surface area contributed by atoms with Crippen molar-refractivity contribution >= 4 is 87.0 Å². The molecule has 5 aromatic rings. The van der Waals surface area contributed by atoms with Crippen LogP contribution in [0.3, 0.4) is 0 Å². The van der Waals surface area contributed by atoms with Crippen LogP contribution in [-0.2, 0) is 60.6 Å². The van der Waals surface area contributed by atoms with Crippen molar-refractivity contribution in [2.45, 2.75) is 250 Å². The van der Waals surface area contributed by atoms with Gasteiger partial charge in [-0.3, -0.25) is 19.2 Å². The summed E-state index contributed by atoms with van der Waals surface area (Å²) in [6, 6.07) is 18.9. The number of allylic oxidation sites excluding steroid dienone is 1. The molecule has 0 bridgehead atoms. The van der Waals surface area contributed by atoms with Crippen molar-refractivity contribution in [3.8, 4) is 34.5 Å². The highest BCUT2D eigenvalue weighted by molar-refractivity contribution is 6.52. The fourth-order valence-electron chi connectivity index (χ4n) is 11.4. The Hall–Kier alpha value is -9.74. The maximum Gasteiger partial charge on any atom is 0.408 e. The molecule has 0 radical (unpaired) electrons. The lowest BCUT2D eigenvalue weighted by molar-refractivity contribution is -0.141. The minimum absolute atomic E-state index is 0.125. The predicted octanol–water partition coefficient (Wildman–Crippen LogP) is 15.0. The van der Waals surface area contributed by atoms with Crippen molar-refractivity contribution in [1.29, 1.82) is 0 Å². The number of amides is 3. The Kier molecular flexibility index (Phi) is 26.1. The first-order chi connectivity index (χ1) is 47.5. The number of hydrogen-bond donors (Lipinski definition) is 4. The summed E-state index contributed by atoms with van der Waals surface area (Å²) in [5.74, 6) is -2.74. The van der Waals surface area contributed by atoms with Crippen molar-refractivity contribution in [2.75, 3.05) is 0 Å². The van der Waals surface area contributed by atoms with E-state index in [9.17, 15) is 47.9 Å². The first kappa shape index (κ1) is 82.2. The normalized spacial score (nSPS) is 16.3. The van der Waals surface area contributed by atoms with Crippen molar-refractivity contribution in [2.24, 2.45) is 17.8 Å². The summed E-state index contributed by atoms with van der Waals surface area (Å²) >= 11 is 0. The molecule has 103 heavy (non-hydrogen) atoms. The summed E-state index contributed by atoms with van der Waals surface area (Å²) in [4.78, 5) is 122. The van der Waals surface area contributed by atoms with Gasteiger partial charge < -0.3 is 68.4 Å². The predicted molar refractivity (Wildman–Crippen MR) is 387 cm³/mol. The van der Waals surface area contributed by atoms with Gasteiger partial charge in [-0.1, -0.05) is 114 Å². The number of aliphatic carboxylic acids is 1. The Morgan fingerprint density at radius 2 is 0.748 bits per heavy atom. The molecule has 3 atom stereocenters. The Balaban J connectivity index is 0.000000229. The van der Waals surface area contributed by atoms with E-state index in [1.165, 1.54) is 13.8 Å². The molecule has 24 heteroatoms. The smallest absolute Gasteiger partial charge is 0.408 e. The second-order valence-electron chi connectivity index (χ2n) is 31.6. The highest BCUT2D eigenvalue weighted by atomic mass is 16.6. The van der Waals surface area contributed by atoms with Crippen molar-refractivity contribution in [3.63, 3.8) is 0 Å². The molecule has 0 fully saturated rings. The number of ether oxygens (including phenoxy) is 10. The average molecular weight is 1430 g/mol. The van der Waals surface area contributed by atoms with Crippen LogP contribution in [0.5, 0.6) is 34.5 Å². The van der Waals surface area contributed by atoms with Gasteiger partial charge in [0.1, 0.15) is 69.0 Å². The topological polar surface area (TPSA) is 319 Å². The molecule has 0 aromatic heterocycles. The molecule has 3 amide bonds. The van der Waals surface area contributed by atoms with Crippen LogP contribution < -0.4 is 44.4 Å². The molecule has 24 nitrogen and oxygen atoms in total. The summed E-state index contributed by atoms with van der Waals surface area (Å²) in [6.07, 6.45) is 1.71. The highest BCUT2D eigenvalue weighted by Crippen LogP contribution is 2.52. The molecule has 0 saturated heterocycles. The van der Waals surface area contributed by atoms with E-state index < -0.39 is 106 Å². The number of carbonyl (C=O) groups excluding carboxylic acids is 9. The third kappa shape index (κ3) is 22.4. The summed E-state index contributed by atoms with van der Waals surface area (Å²) in [5, 5.41) is 19.0. The van der Waals surface area contributed by atoms with Gasteiger partial charge >= 0.3 is 48.1 Å². The molecule has 1 aliphatic carbocycles.